The van der Waals surface area contributed by atoms with E-state index in [9.17, 15) is 0 Å². The summed E-state index contributed by atoms with van der Waals surface area (Å²) >= 11 is 5.40. The molecular weight excluding hydrogens is 310 g/mol. The fourth-order valence-corrected chi connectivity index (χ4v) is 3.61. The third-order valence-corrected chi connectivity index (χ3v) is 5.04. The van der Waals surface area contributed by atoms with Gasteiger partial charge in [-0.05, 0) is 43.4 Å². The van der Waals surface area contributed by atoms with E-state index in [1.807, 2.05) is 36.0 Å². The Kier molecular flexibility index (Phi) is 5.86. The van der Waals surface area contributed by atoms with E-state index >= 15 is 0 Å². The largest absolute Gasteiger partial charge is 0.492 e. The van der Waals surface area contributed by atoms with Crippen molar-refractivity contribution in [2.75, 3.05) is 19.4 Å². The lowest BCUT2D eigenvalue weighted by Gasteiger charge is -2.19. The highest BCUT2D eigenvalue weighted by Gasteiger charge is 2.25. The Labute approximate surface area is 122 Å². The molecule has 0 radical (unpaired) electrons. The summed E-state index contributed by atoms with van der Waals surface area (Å²) in [5.41, 5.74) is 0. The first-order valence-electron chi connectivity index (χ1n) is 6.44. The first-order chi connectivity index (χ1) is 8.79. The monoisotopic (exact) mass is 329 g/mol. The quantitative estimate of drug-likeness (QED) is 0.804. The Morgan fingerprint density at radius 2 is 2.11 bits per heavy atom. The van der Waals surface area contributed by atoms with Crippen molar-refractivity contribution in [1.82, 2.24) is 5.32 Å². The maximum absolute atomic E-state index is 5.70. The van der Waals surface area contributed by atoms with Crippen LogP contribution in [-0.4, -0.2) is 30.7 Å². The zero-order valence-corrected chi connectivity index (χ0v) is 13.1. The topological polar surface area (TPSA) is 21.3 Å². The van der Waals surface area contributed by atoms with Crippen LogP contribution in [-0.2, 0) is 0 Å². The summed E-state index contributed by atoms with van der Waals surface area (Å²) < 4.78 is 6.78. The highest BCUT2D eigenvalue weighted by atomic mass is 79.9. The van der Waals surface area contributed by atoms with Crippen molar-refractivity contribution >= 4 is 27.7 Å². The van der Waals surface area contributed by atoms with Gasteiger partial charge < -0.3 is 10.1 Å². The standard InChI is InChI=1S/C14H20BrNOS/c1-18-14-4-2-3-13(14)16-9-10-17-12-7-5-11(15)6-8-12/h5-8,13-14,16H,2-4,9-10H2,1H3. The molecule has 4 heteroatoms. The number of hydrogen-bond acceptors (Lipinski definition) is 3. The van der Waals surface area contributed by atoms with Crippen LogP contribution in [0, 0.1) is 0 Å². The second kappa shape index (κ2) is 7.41. The average molecular weight is 330 g/mol. The number of ether oxygens (including phenoxy) is 1. The summed E-state index contributed by atoms with van der Waals surface area (Å²) in [6.45, 7) is 1.66. The van der Waals surface area contributed by atoms with Crippen molar-refractivity contribution in [2.24, 2.45) is 0 Å². The zero-order valence-electron chi connectivity index (χ0n) is 10.7. The molecule has 2 atom stereocenters. The van der Waals surface area contributed by atoms with Crippen LogP contribution in [0.25, 0.3) is 0 Å². The SMILES string of the molecule is CSC1CCCC1NCCOc1ccc(Br)cc1. The fraction of sp³-hybridized carbons (Fsp3) is 0.571. The van der Waals surface area contributed by atoms with Crippen LogP contribution in [0.2, 0.25) is 0 Å². The van der Waals surface area contributed by atoms with Gasteiger partial charge in [0.25, 0.3) is 0 Å². The Bertz CT molecular complexity index is 357. The molecule has 1 aliphatic rings. The number of nitrogens with one attached hydrogen (secondary N) is 1. The van der Waals surface area contributed by atoms with E-state index in [-0.39, 0.29) is 0 Å². The molecule has 18 heavy (non-hydrogen) atoms. The van der Waals surface area contributed by atoms with Gasteiger partial charge in [-0.3, -0.25) is 0 Å². The van der Waals surface area contributed by atoms with E-state index < -0.39 is 0 Å². The van der Waals surface area contributed by atoms with Crippen molar-refractivity contribution in [3.8, 4) is 5.75 Å². The molecule has 2 nitrogen and oxygen atoms in total. The molecule has 0 aromatic heterocycles. The summed E-state index contributed by atoms with van der Waals surface area (Å²) in [6.07, 6.45) is 6.23. The van der Waals surface area contributed by atoms with Gasteiger partial charge in [-0.1, -0.05) is 22.4 Å². The molecule has 0 bridgehead atoms. The first-order valence-corrected chi connectivity index (χ1v) is 8.52. The normalized spacial score (nSPS) is 23.2. The van der Waals surface area contributed by atoms with Gasteiger partial charge in [-0.25, -0.2) is 0 Å². The second-order valence-corrected chi connectivity index (χ2v) is 6.56. The molecule has 0 saturated heterocycles. The summed E-state index contributed by atoms with van der Waals surface area (Å²) in [4.78, 5) is 0. The molecule has 0 heterocycles. The Morgan fingerprint density at radius 3 is 2.83 bits per heavy atom. The van der Waals surface area contributed by atoms with Gasteiger partial charge in [0.1, 0.15) is 12.4 Å². The van der Waals surface area contributed by atoms with Crippen LogP contribution in [0.5, 0.6) is 5.75 Å². The lowest BCUT2D eigenvalue weighted by molar-refractivity contribution is 0.306. The smallest absolute Gasteiger partial charge is 0.119 e. The molecule has 1 aliphatic carbocycles. The van der Waals surface area contributed by atoms with Crippen LogP contribution < -0.4 is 10.1 Å². The second-order valence-electron chi connectivity index (χ2n) is 4.57. The third kappa shape index (κ3) is 4.18. The molecule has 0 spiro atoms. The van der Waals surface area contributed by atoms with Crippen LogP contribution in [0.4, 0.5) is 0 Å². The van der Waals surface area contributed by atoms with Crippen LogP contribution >= 0.6 is 27.7 Å². The van der Waals surface area contributed by atoms with E-state index in [0.29, 0.717) is 6.04 Å². The number of hydrogen-bond donors (Lipinski definition) is 1. The Hall–Kier alpha value is -0.190. The molecule has 1 fully saturated rings. The van der Waals surface area contributed by atoms with Crippen molar-refractivity contribution < 1.29 is 4.74 Å². The molecule has 0 amide bonds. The molecular formula is C14H20BrNOS. The molecule has 1 aromatic rings. The van der Waals surface area contributed by atoms with Crippen LogP contribution in [0.15, 0.2) is 28.7 Å². The fourth-order valence-electron chi connectivity index (χ4n) is 2.39. The summed E-state index contributed by atoms with van der Waals surface area (Å²) in [7, 11) is 0. The van der Waals surface area contributed by atoms with Crippen LogP contribution in [0.1, 0.15) is 19.3 Å². The maximum Gasteiger partial charge on any atom is 0.119 e. The molecule has 1 saturated carbocycles. The van der Waals surface area contributed by atoms with Gasteiger partial charge >= 0.3 is 0 Å². The molecule has 100 valence electrons. The van der Waals surface area contributed by atoms with E-state index in [2.05, 4.69) is 27.5 Å². The maximum atomic E-state index is 5.70. The van der Waals surface area contributed by atoms with Crippen molar-refractivity contribution in [3.63, 3.8) is 0 Å². The van der Waals surface area contributed by atoms with Gasteiger partial charge in [0.2, 0.25) is 0 Å². The first kappa shape index (κ1) is 14.2. The number of benzene rings is 1. The highest BCUT2D eigenvalue weighted by Crippen LogP contribution is 2.28. The molecule has 2 unspecified atom stereocenters. The van der Waals surface area contributed by atoms with Gasteiger partial charge in [0.05, 0.1) is 0 Å². The minimum atomic E-state index is 0.675. The molecule has 1 aromatic carbocycles. The van der Waals surface area contributed by atoms with E-state index in [0.717, 1.165) is 28.6 Å². The lowest BCUT2D eigenvalue weighted by Crippen LogP contribution is -2.36. The van der Waals surface area contributed by atoms with Crippen molar-refractivity contribution in [1.29, 1.82) is 0 Å². The van der Waals surface area contributed by atoms with Crippen LogP contribution in [0.3, 0.4) is 0 Å². The van der Waals surface area contributed by atoms with Gasteiger partial charge in [0, 0.05) is 22.3 Å². The van der Waals surface area contributed by atoms with Gasteiger partial charge in [0.15, 0.2) is 0 Å². The summed E-state index contributed by atoms with van der Waals surface area (Å²) in [5.74, 6) is 0.938. The third-order valence-electron chi connectivity index (χ3n) is 3.35. The Morgan fingerprint density at radius 1 is 1.33 bits per heavy atom. The highest BCUT2D eigenvalue weighted by molar-refractivity contribution is 9.10. The number of rotatable bonds is 6. The summed E-state index contributed by atoms with van der Waals surface area (Å²) in [5, 5.41) is 4.40. The summed E-state index contributed by atoms with van der Waals surface area (Å²) in [6, 6.07) is 8.66. The van der Waals surface area contributed by atoms with E-state index in [1.165, 1.54) is 19.3 Å². The predicted octanol–water partition coefficient (Wildman–Crippen LogP) is 3.70. The van der Waals surface area contributed by atoms with Crippen molar-refractivity contribution in [3.05, 3.63) is 28.7 Å². The van der Waals surface area contributed by atoms with E-state index in [4.69, 9.17) is 4.74 Å². The zero-order chi connectivity index (χ0) is 12.8. The minimum Gasteiger partial charge on any atom is -0.492 e. The van der Waals surface area contributed by atoms with Gasteiger partial charge in [-0.15, -0.1) is 0 Å². The number of halogens is 1. The molecule has 2 rings (SSSR count). The minimum absolute atomic E-state index is 0.675. The molecule has 1 N–H and O–H groups in total. The molecule has 0 aliphatic heterocycles. The average Bonchev–Trinajstić information content (AvgIpc) is 2.84. The van der Waals surface area contributed by atoms with E-state index in [1.54, 1.807) is 0 Å². The van der Waals surface area contributed by atoms with Gasteiger partial charge in [-0.2, -0.15) is 11.8 Å². The Balaban J connectivity index is 1.65. The predicted molar refractivity (Wildman–Crippen MR) is 82.6 cm³/mol. The van der Waals surface area contributed by atoms with Crippen molar-refractivity contribution in [2.45, 2.75) is 30.6 Å². The lowest BCUT2D eigenvalue weighted by atomic mass is 10.2. The number of thioether (sulfide) groups is 1.